The molecule has 1 aromatic carbocycles. The van der Waals surface area contributed by atoms with Crippen LogP contribution in [-0.4, -0.2) is 61.3 Å². The highest BCUT2D eigenvalue weighted by Crippen LogP contribution is 2.36. The summed E-state index contributed by atoms with van der Waals surface area (Å²) in [6, 6.07) is 8.51. The number of aromatic nitrogens is 5. The first-order valence-corrected chi connectivity index (χ1v) is 12.3. The minimum absolute atomic E-state index is 0.0789. The lowest BCUT2D eigenvalue weighted by atomic mass is 10.0. The fourth-order valence-corrected chi connectivity index (χ4v) is 4.64. The molecule has 1 atom stereocenters. The third kappa shape index (κ3) is 5.09. The zero-order valence-electron chi connectivity index (χ0n) is 20.9. The van der Waals surface area contributed by atoms with Crippen molar-refractivity contribution in [1.29, 1.82) is 0 Å². The van der Waals surface area contributed by atoms with Gasteiger partial charge >= 0.3 is 0 Å². The van der Waals surface area contributed by atoms with Gasteiger partial charge in [-0.2, -0.15) is 0 Å². The van der Waals surface area contributed by atoms with Crippen molar-refractivity contribution in [2.75, 3.05) is 31.3 Å². The Kier molecular flexibility index (Phi) is 7.36. The Morgan fingerprint density at radius 1 is 1.13 bits per heavy atom. The molecule has 0 unspecified atom stereocenters. The maximum Gasteiger partial charge on any atom is 0.258 e. The van der Waals surface area contributed by atoms with Gasteiger partial charge < -0.3 is 15.4 Å². The van der Waals surface area contributed by atoms with Gasteiger partial charge in [0, 0.05) is 55.6 Å². The van der Waals surface area contributed by atoms with Crippen molar-refractivity contribution >= 4 is 29.1 Å². The van der Waals surface area contributed by atoms with Gasteiger partial charge in [-0.1, -0.05) is 18.2 Å². The molecule has 11 nitrogen and oxygen atoms in total. The minimum atomic E-state index is -0.322. The standard InChI is InChI=1S/C27H28N8O3/c1-38-17-4-7-21(36)34-15-3-2-6-20(34)25-32-22(23-24(28)29-14-16-35(23)25)18-8-10-19(11-9-18)26(37)33-27-30-12-5-13-31-27/h4-5,7-14,16,20H,2-3,6,15,17H2,1H3,(H2,28,29)(H,30,31,33,37)/b7-4+/t20-/m0/s1. The first kappa shape index (κ1) is 25.0. The van der Waals surface area contributed by atoms with Gasteiger partial charge in [-0.3, -0.25) is 19.3 Å². The molecule has 1 fully saturated rings. The summed E-state index contributed by atoms with van der Waals surface area (Å²) in [5.74, 6) is 0.883. The largest absolute Gasteiger partial charge is 0.382 e. The number of hydrogen-bond acceptors (Lipinski definition) is 8. The quantitative estimate of drug-likeness (QED) is 0.360. The van der Waals surface area contributed by atoms with Crippen LogP contribution in [0.3, 0.4) is 0 Å². The molecule has 0 spiro atoms. The Morgan fingerprint density at radius 2 is 1.92 bits per heavy atom. The number of nitrogen functional groups attached to an aromatic ring is 1. The summed E-state index contributed by atoms with van der Waals surface area (Å²) >= 11 is 0. The summed E-state index contributed by atoms with van der Waals surface area (Å²) < 4.78 is 6.96. The normalized spacial score (nSPS) is 15.7. The van der Waals surface area contributed by atoms with Crippen LogP contribution in [0.1, 0.15) is 41.5 Å². The number of nitrogens with two attached hydrogens (primary N) is 1. The number of piperidine rings is 1. The highest BCUT2D eigenvalue weighted by Gasteiger charge is 2.31. The van der Waals surface area contributed by atoms with E-state index in [1.165, 1.54) is 0 Å². The average molecular weight is 513 g/mol. The van der Waals surface area contributed by atoms with Crippen LogP contribution in [-0.2, 0) is 9.53 Å². The van der Waals surface area contributed by atoms with E-state index in [0.29, 0.717) is 35.7 Å². The van der Waals surface area contributed by atoms with Crippen molar-refractivity contribution < 1.29 is 14.3 Å². The monoisotopic (exact) mass is 512 g/mol. The lowest BCUT2D eigenvalue weighted by Gasteiger charge is -2.34. The molecule has 4 aromatic rings. The topological polar surface area (TPSA) is 141 Å². The second-order valence-electron chi connectivity index (χ2n) is 8.85. The summed E-state index contributed by atoms with van der Waals surface area (Å²) in [5, 5.41) is 2.68. The van der Waals surface area contributed by atoms with Crippen molar-refractivity contribution in [2.24, 2.45) is 0 Å². The predicted octanol–water partition coefficient (Wildman–Crippen LogP) is 3.28. The van der Waals surface area contributed by atoms with Crippen LogP contribution < -0.4 is 11.1 Å². The van der Waals surface area contributed by atoms with Gasteiger partial charge in [0.25, 0.3) is 5.91 Å². The van der Waals surface area contributed by atoms with E-state index in [1.54, 1.807) is 56.1 Å². The minimum Gasteiger partial charge on any atom is -0.382 e. The molecule has 1 saturated heterocycles. The number of carbonyl (C=O) groups is 2. The highest BCUT2D eigenvalue weighted by atomic mass is 16.5. The lowest BCUT2D eigenvalue weighted by molar-refractivity contribution is -0.130. The Labute approximate surface area is 219 Å². The number of ether oxygens (including phenoxy) is 1. The van der Waals surface area contributed by atoms with Crippen LogP contribution in [0.25, 0.3) is 16.8 Å². The summed E-state index contributed by atoms with van der Waals surface area (Å²) in [4.78, 5) is 44.9. The van der Waals surface area contributed by atoms with Gasteiger partial charge in [0.1, 0.15) is 22.9 Å². The van der Waals surface area contributed by atoms with Crippen molar-refractivity contribution in [2.45, 2.75) is 25.3 Å². The maximum atomic E-state index is 13.0. The molecule has 1 aliphatic rings. The van der Waals surface area contributed by atoms with Gasteiger partial charge in [0.2, 0.25) is 11.9 Å². The summed E-state index contributed by atoms with van der Waals surface area (Å²) in [6.07, 6.45) is 12.5. The van der Waals surface area contributed by atoms with E-state index >= 15 is 0 Å². The van der Waals surface area contributed by atoms with Gasteiger partial charge in [-0.05, 0) is 37.5 Å². The number of imidazole rings is 1. The molecule has 0 saturated carbocycles. The molecule has 0 bridgehead atoms. The van der Waals surface area contributed by atoms with E-state index in [1.807, 2.05) is 27.6 Å². The molecule has 3 aromatic heterocycles. The lowest BCUT2D eigenvalue weighted by Crippen LogP contribution is -2.38. The number of carbonyl (C=O) groups excluding carboxylic acids is 2. The molecule has 1 aliphatic heterocycles. The van der Waals surface area contributed by atoms with E-state index in [4.69, 9.17) is 15.5 Å². The van der Waals surface area contributed by atoms with Crippen molar-refractivity contribution in [1.82, 2.24) is 29.2 Å². The molecule has 2 amide bonds. The molecule has 0 radical (unpaired) electrons. The fraction of sp³-hybridized carbons (Fsp3) is 0.259. The van der Waals surface area contributed by atoms with Crippen molar-refractivity contribution in [3.05, 3.63) is 78.7 Å². The maximum absolute atomic E-state index is 13.0. The first-order chi connectivity index (χ1) is 18.6. The Hall–Kier alpha value is -4.64. The summed E-state index contributed by atoms with van der Waals surface area (Å²) in [6.45, 7) is 1.01. The molecule has 0 aliphatic carbocycles. The number of likely N-dealkylation sites (tertiary alicyclic amines) is 1. The Bertz CT molecular complexity index is 1470. The molecule has 4 heterocycles. The first-order valence-electron chi connectivity index (χ1n) is 12.3. The average Bonchev–Trinajstić information content (AvgIpc) is 3.34. The second kappa shape index (κ2) is 11.2. The molecule has 3 N–H and O–H groups in total. The molecule has 38 heavy (non-hydrogen) atoms. The third-order valence-electron chi connectivity index (χ3n) is 6.43. The van der Waals surface area contributed by atoms with E-state index in [0.717, 1.165) is 30.7 Å². The van der Waals surface area contributed by atoms with E-state index < -0.39 is 0 Å². The van der Waals surface area contributed by atoms with Crippen LogP contribution in [0.2, 0.25) is 0 Å². The number of hydrogen-bond donors (Lipinski definition) is 2. The van der Waals surface area contributed by atoms with E-state index in [2.05, 4.69) is 20.3 Å². The summed E-state index contributed by atoms with van der Waals surface area (Å²) in [5.41, 5.74) is 8.83. The predicted molar refractivity (Wildman–Crippen MR) is 142 cm³/mol. The van der Waals surface area contributed by atoms with Gasteiger partial charge in [-0.25, -0.2) is 19.9 Å². The number of nitrogens with one attached hydrogen (secondary N) is 1. The number of nitrogens with zero attached hydrogens (tertiary/aromatic N) is 6. The van der Waals surface area contributed by atoms with E-state index in [-0.39, 0.29) is 23.8 Å². The summed E-state index contributed by atoms with van der Waals surface area (Å²) in [7, 11) is 1.59. The number of benzene rings is 1. The highest BCUT2D eigenvalue weighted by molar-refractivity contribution is 6.03. The number of amides is 2. The molecular formula is C27H28N8O3. The van der Waals surface area contributed by atoms with Gasteiger partial charge in [0.15, 0.2) is 0 Å². The number of rotatable bonds is 7. The van der Waals surface area contributed by atoms with E-state index in [9.17, 15) is 9.59 Å². The van der Waals surface area contributed by atoms with Crippen LogP contribution in [0.5, 0.6) is 0 Å². The number of fused-ring (bicyclic) bond motifs is 1. The number of anilines is 2. The zero-order chi connectivity index (χ0) is 26.5. The van der Waals surface area contributed by atoms with Gasteiger partial charge in [0.05, 0.1) is 12.6 Å². The molecular weight excluding hydrogens is 484 g/mol. The van der Waals surface area contributed by atoms with Crippen LogP contribution in [0.15, 0.2) is 67.3 Å². The number of methoxy groups -OCH3 is 1. The molecule has 5 rings (SSSR count). The smallest absolute Gasteiger partial charge is 0.258 e. The SMILES string of the molecule is COC/C=C/C(=O)N1CCCC[C@H]1c1nc(-c2ccc(C(=O)Nc3ncccn3)cc2)c2c(N)nccn12. The second-order valence-corrected chi connectivity index (χ2v) is 8.85. The Morgan fingerprint density at radius 3 is 2.68 bits per heavy atom. The van der Waals surface area contributed by atoms with Gasteiger partial charge in [-0.15, -0.1) is 0 Å². The van der Waals surface area contributed by atoms with Crippen LogP contribution in [0, 0.1) is 0 Å². The van der Waals surface area contributed by atoms with Crippen LogP contribution in [0.4, 0.5) is 11.8 Å². The third-order valence-corrected chi connectivity index (χ3v) is 6.43. The fourth-order valence-electron chi connectivity index (χ4n) is 4.64. The van der Waals surface area contributed by atoms with Crippen LogP contribution >= 0.6 is 0 Å². The molecule has 11 heteroatoms. The molecule has 194 valence electrons. The van der Waals surface area contributed by atoms with Crippen molar-refractivity contribution in [3.63, 3.8) is 0 Å². The Balaban J connectivity index is 1.48. The zero-order valence-corrected chi connectivity index (χ0v) is 20.9. The van der Waals surface area contributed by atoms with Crippen molar-refractivity contribution in [3.8, 4) is 11.3 Å².